The third-order valence-corrected chi connectivity index (χ3v) is 9.06. The highest BCUT2D eigenvalue weighted by atomic mass is 32.1. The summed E-state index contributed by atoms with van der Waals surface area (Å²) in [5.74, 6) is -0.107. The van der Waals surface area contributed by atoms with Crippen LogP contribution in [-0.2, 0) is 14.3 Å². The zero-order valence-electron chi connectivity index (χ0n) is 14.8. The Kier molecular flexibility index (Phi) is 5.54. The highest BCUT2D eigenvalue weighted by Crippen LogP contribution is 2.30. The van der Waals surface area contributed by atoms with Gasteiger partial charge in [0.15, 0.2) is 11.4 Å². The van der Waals surface area contributed by atoms with Crippen molar-refractivity contribution in [3.63, 3.8) is 0 Å². The molecule has 5 nitrogen and oxygen atoms in total. The minimum absolute atomic E-state index is 0.107. The first-order valence-corrected chi connectivity index (χ1v) is 13.3. The van der Waals surface area contributed by atoms with E-state index in [1.807, 2.05) is 22.8 Å². The Labute approximate surface area is 156 Å². The molecular formula is C17H22N2O3S2Si. The molecule has 1 aliphatic rings. The third kappa shape index (κ3) is 4.65. The van der Waals surface area contributed by atoms with E-state index >= 15 is 0 Å². The van der Waals surface area contributed by atoms with Gasteiger partial charge in [-0.3, -0.25) is 4.79 Å². The molecule has 0 radical (unpaired) electrons. The molecule has 1 fully saturated rings. The maximum absolute atomic E-state index is 11.1. The van der Waals surface area contributed by atoms with E-state index in [4.69, 9.17) is 9.47 Å². The number of hydrogen-bond acceptors (Lipinski definition) is 6. The SMILES string of the molecule is CC(=O)Nc1nc(C=Cc2cc(C3OCCO3)c([Si](C)(C)C)s2)cs1. The van der Waals surface area contributed by atoms with Gasteiger partial charge in [0.25, 0.3) is 0 Å². The van der Waals surface area contributed by atoms with Crippen molar-refractivity contribution >= 4 is 58.4 Å². The first-order valence-electron chi connectivity index (χ1n) is 8.11. The number of thiazole rings is 1. The lowest BCUT2D eigenvalue weighted by Crippen LogP contribution is -2.38. The first-order chi connectivity index (χ1) is 11.8. The molecule has 2 aromatic rings. The lowest BCUT2D eigenvalue weighted by molar-refractivity contribution is -0.114. The Morgan fingerprint density at radius 2 is 2.04 bits per heavy atom. The molecular weight excluding hydrogens is 372 g/mol. The lowest BCUT2D eigenvalue weighted by Gasteiger charge is -2.19. The fourth-order valence-electron chi connectivity index (χ4n) is 2.54. The maximum atomic E-state index is 11.1. The van der Waals surface area contributed by atoms with Crippen LogP contribution in [0.25, 0.3) is 12.2 Å². The molecule has 0 saturated carbocycles. The van der Waals surface area contributed by atoms with Crippen molar-refractivity contribution < 1.29 is 14.3 Å². The number of carbonyl (C=O) groups excluding carboxylic acids is 1. The van der Waals surface area contributed by atoms with Crippen molar-refractivity contribution in [1.29, 1.82) is 0 Å². The Morgan fingerprint density at radius 3 is 2.68 bits per heavy atom. The molecule has 0 bridgehead atoms. The summed E-state index contributed by atoms with van der Waals surface area (Å²) in [5.41, 5.74) is 2.02. The summed E-state index contributed by atoms with van der Waals surface area (Å²) >= 11 is 3.23. The molecule has 1 saturated heterocycles. The summed E-state index contributed by atoms with van der Waals surface area (Å²) in [6.07, 6.45) is 3.81. The normalized spacial score (nSPS) is 16.0. The molecule has 0 aromatic carbocycles. The number of anilines is 1. The monoisotopic (exact) mass is 394 g/mol. The quantitative estimate of drug-likeness (QED) is 0.781. The summed E-state index contributed by atoms with van der Waals surface area (Å²) in [6, 6.07) is 2.17. The van der Waals surface area contributed by atoms with Crippen molar-refractivity contribution in [1.82, 2.24) is 4.98 Å². The van der Waals surface area contributed by atoms with E-state index in [0.717, 1.165) is 5.69 Å². The zero-order chi connectivity index (χ0) is 18.0. The van der Waals surface area contributed by atoms with E-state index < -0.39 is 8.07 Å². The predicted octanol–water partition coefficient (Wildman–Crippen LogP) is 3.92. The largest absolute Gasteiger partial charge is 0.346 e. The van der Waals surface area contributed by atoms with Crippen LogP contribution in [0.5, 0.6) is 0 Å². The lowest BCUT2D eigenvalue weighted by atomic mass is 10.3. The fraction of sp³-hybridized carbons (Fsp3) is 0.412. The standard InChI is InChI=1S/C17H22N2O3S2Si/c1-11(20)18-17-19-12(10-23-17)5-6-13-9-14(15-21-7-8-22-15)16(24-13)25(2,3)4/h5-6,9-10,15H,7-8H2,1-4H3,(H,18,19,20). The zero-order valence-corrected chi connectivity index (χ0v) is 17.4. The molecule has 134 valence electrons. The molecule has 25 heavy (non-hydrogen) atoms. The van der Waals surface area contributed by atoms with Crippen LogP contribution >= 0.6 is 22.7 Å². The van der Waals surface area contributed by atoms with Crippen LogP contribution in [0.2, 0.25) is 19.6 Å². The van der Waals surface area contributed by atoms with Gasteiger partial charge in [-0.15, -0.1) is 22.7 Å². The average Bonchev–Trinajstić information content (AvgIpc) is 3.24. The van der Waals surface area contributed by atoms with Crippen molar-refractivity contribution in [3.05, 3.63) is 27.6 Å². The number of hydrogen-bond donors (Lipinski definition) is 1. The highest BCUT2D eigenvalue weighted by molar-refractivity contribution is 7.27. The van der Waals surface area contributed by atoms with E-state index in [0.29, 0.717) is 18.3 Å². The minimum atomic E-state index is -1.48. The first kappa shape index (κ1) is 18.5. The molecule has 0 atom stereocenters. The molecule has 1 N–H and O–H groups in total. The summed E-state index contributed by atoms with van der Waals surface area (Å²) in [4.78, 5) is 16.6. The van der Waals surface area contributed by atoms with Crippen LogP contribution in [0.3, 0.4) is 0 Å². The van der Waals surface area contributed by atoms with Crippen LogP contribution in [0.1, 0.15) is 29.3 Å². The molecule has 0 unspecified atom stereocenters. The van der Waals surface area contributed by atoms with Gasteiger partial charge in [-0.2, -0.15) is 0 Å². The van der Waals surface area contributed by atoms with Gasteiger partial charge in [-0.1, -0.05) is 19.6 Å². The second kappa shape index (κ2) is 7.51. The third-order valence-electron chi connectivity index (χ3n) is 3.56. The smallest absolute Gasteiger partial charge is 0.223 e. The molecule has 1 amide bonds. The molecule has 8 heteroatoms. The van der Waals surface area contributed by atoms with Gasteiger partial charge in [-0.05, 0) is 22.7 Å². The summed E-state index contributed by atoms with van der Waals surface area (Å²) in [7, 11) is -1.48. The van der Waals surface area contributed by atoms with Gasteiger partial charge in [-0.25, -0.2) is 4.98 Å². The van der Waals surface area contributed by atoms with Crippen molar-refractivity contribution in [2.24, 2.45) is 0 Å². The Bertz CT molecular complexity index is 786. The Hall–Kier alpha value is -1.32. The second-order valence-corrected chi connectivity index (χ2v) is 14.2. The molecule has 0 aliphatic carbocycles. The number of rotatable bonds is 5. The maximum Gasteiger partial charge on any atom is 0.223 e. The van der Waals surface area contributed by atoms with Crippen LogP contribution in [0.4, 0.5) is 5.13 Å². The van der Waals surface area contributed by atoms with Crippen LogP contribution in [0.15, 0.2) is 11.4 Å². The molecule has 2 aromatic heterocycles. The number of aromatic nitrogens is 1. The number of carbonyl (C=O) groups is 1. The van der Waals surface area contributed by atoms with Crippen molar-refractivity contribution in [3.8, 4) is 0 Å². The van der Waals surface area contributed by atoms with E-state index in [1.165, 1.54) is 33.2 Å². The van der Waals surface area contributed by atoms with Crippen LogP contribution in [0, 0.1) is 0 Å². The van der Waals surface area contributed by atoms with Gasteiger partial charge < -0.3 is 14.8 Å². The van der Waals surface area contributed by atoms with Gasteiger partial charge in [0, 0.05) is 22.7 Å². The molecule has 1 aliphatic heterocycles. The summed E-state index contributed by atoms with van der Waals surface area (Å²) in [6.45, 7) is 9.80. The number of nitrogens with zero attached hydrogens (tertiary/aromatic N) is 1. The number of thiophene rings is 1. The van der Waals surface area contributed by atoms with Crippen molar-refractivity contribution in [2.75, 3.05) is 18.5 Å². The highest BCUT2D eigenvalue weighted by Gasteiger charge is 2.30. The molecule has 3 heterocycles. The fourth-order valence-corrected chi connectivity index (χ4v) is 6.73. The number of amides is 1. The van der Waals surface area contributed by atoms with Gasteiger partial charge >= 0.3 is 0 Å². The van der Waals surface area contributed by atoms with Crippen LogP contribution in [-0.4, -0.2) is 32.2 Å². The Morgan fingerprint density at radius 1 is 1.32 bits per heavy atom. The van der Waals surface area contributed by atoms with Crippen LogP contribution < -0.4 is 9.82 Å². The van der Waals surface area contributed by atoms with E-state index in [-0.39, 0.29) is 12.2 Å². The minimum Gasteiger partial charge on any atom is -0.346 e. The van der Waals surface area contributed by atoms with Gasteiger partial charge in [0.2, 0.25) is 5.91 Å². The van der Waals surface area contributed by atoms with E-state index in [9.17, 15) is 4.79 Å². The Balaban J connectivity index is 1.82. The number of ether oxygens (including phenoxy) is 2. The summed E-state index contributed by atoms with van der Waals surface area (Å²) in [5, 5.41) is 5.25. The average molecular weight is 395 g/mol. The number of nitrogens with one attached hydrogen (secondary N) is 1. The van der Waals surface area contributed by atoms with Gasteiger partial charge in [0.1, 0.15) is 0 Å². The predicted molar refractivity (Wildman–Crippen MR) is 107 cm³/mol. The van der Waals surface area contributed by atoms with Crippen molar-refractivity contribution in [2.45, 2.75) is 32.9 Å². The molecule has 0 spiro atoms. The summed E-state index contributed by atoms with van der Waals surface area (Å²) < 4.78 is 12.9. The van der Waals surface area contributed by atoms with E-state index in [1.54, 1.807) is 0 Å². The second-order valence-electron chi connectivity index (χ2n) is 6.85. The van der Waals surface area contributed by atoms with Gasteiger partial charge in [0.05, 0.1) is 27.0 Å². The molecule has 3 rings (SSSR count). The van der Waals surface area contributed by atoms with E-state index in [2.05, 4.69) is 42.1 Å². The topological polar surface area (TPSA) is 60.5 Å².